The van der Waals surface area contributed by atoms with E-state index in [4.69, 9.17) is 5.73 Å². The maximum atomic E-state index is 11.8. The lowest BCUT2D eigenvalue weighted by atomic mass is 10.1. The predicted molar refractivity (Wildman–Crippen MR) is 58.0 cm³/mol. The fraction of sp³-hybridized carbons (Fsp3) is 0.300. The number of carbonyl (C=O) groups excluding carboxylic acids is 1. The molecule has 0 bridgehead atoms. The van der Waals surface area contributed by atoms with Crippen LogP contribution < -0.4 is 5.73 Å². The second-order valence-electron chi connectivity index (χ2n) is 3.40. The lowest BCUT2D eigenvalue weighted by Crippen LogP contribution is -2.28. The van der Waals surface area contributed by atoms with Gasteiger partial charge in [0.05, 0.1) is 6.04 Å². The molecule has 0 saturated carbocycles. The number of amides is 1. The zero-order chi connectivity index (χ0) is 10.3. The largest absolute Gasteiger partial charge is 0.333 e. The van der Waals surface area contributed by atoms with E-state index in [1.54, 1.807) is 11.9 Å². The Hall–Kier alpha value is -0.870. The molecular formula is C10H11BrN2O. The van der Waals surface area contributed by atoms with Crippen LogP contribution in [0.5, 0.6) is 0 Å². The molecule has 4 heteroatoms. The normalized spacial score (nSPS) is 20.1. The molecule has 0 aromatic heterocycles. The predicted octanol–water partition coefficient (Wildman–Crippen LogP) is 1.53. The van der Waals surface area contributed by atoms with E-state index in [1.807, 2.05) is 18.2 Å². The van der Waals surface area contributed by atoms with Crippen LogP contribution in [0.2, 0.25) is 0 Å². The summed E-state index contributed by atoms with van der Waals surface area (Å²) in [6, 6.07) is 5.78. The van der Waals surface area contributed by atoms with Crippen molar-refractivity contribution in [1.82, 2.24) is 4.90 Å². The van der Waals surface area contributed by atoms with Crippen LogP contribution in [0, 0.1) is 0 Å². The Balaban J connectivity index is 2.55. The first-order valence-electron chi connectivity index (χ1n) is 4.42. The van der Waals surface area contributed by atoms with Crippen LogP contribution in [0.15, 0.2) is 22.7 Å². The Bertz CT molecular complexity index is 392. The van der Waals surface area contributed by atoms with Gasteiger partial charge in [-0.2, -0.15) is 0 Å². The van der Waals surface area contributed by atoms with Crippen molar-refractivity contribution in [2.45, 2.75) is 6.04 Å². The van der Waals surface area contributed by atoms with Crippen molar-refractivity contribution in [3.8, 4) is 0 Å². The zero-order valence-corrected chi connectivity index (χ0v) is 9.41. The fourth-order valence-electron chi connectivity index (χ4n) is 1.83. The minimum Gasteiger partial charge on any atom is -0.333 e. The van der Waals surface area contributed by atoms with Crippen LogP contribution in [-0.2, 0) is 0 Å². The first-order valence-corrected chi connectivity index (χ1v) is 5.21. The molecule has 1 atom stereocenters. The molecule has 0 aliphatic carbocycles. The fourth-order valence-corrected chi connectivity index (χ4v) is 2.19. The molecule has 1 aliphatic heterocycles. The van der Waals surface area contributed by atoms with E-state index >= 15 is 0 Å². The number of rotatable bonds is 1. The molecule has 2 rings (SSSR count). The number of halogens is 1. The van der Waals surface area contributed by atoms with Gasteiger partial charge in [0.1, 0.15) is 0 Å². The summed E-state index contributed by atoms with van der Waals surface area (Å²) >= 11 is 3.35. The molecule has 14 heavy (non-hydrogen) atoms. The third-order valence-electron chi connectivity index (χ3n) is 2.62. The number of hydrogen-bond acceptors (Lipinski definition) is 2. The van der Waals surface area contributed by atoms with Crippen molar-refractivity contribution in [2.24, 2.45) is 5.73 Å². The van der Waals surface area contributed by atoms with Gasteiger partial charge in [-0.25, -0.2) is 0 Å². The summed E-state index contributed by atoms with van der Waals surface area (Å²) in [5.41, 5.74) is 7.43. The number of hydrogen-bond donors (Lipinski definition) is 1. The van der Waals surface area contributed by atoms with Gasteiger partial charge in [-0.05, 0) is 17.7 Å². The lowest BCUT2D eigenvalue weighted by Gasteiger charge is -2.18. The number of likely N-dealkylation sites (N-methyl/N-ethyl adjacent to an activating group) is 1. The quantitative estimate of drug-likeness (QED) is 0.827. The van der Waals surface area contributed by atoms with Crippen molar-refractivity contribution < 1.29 is 4.79 Å². The molecule has 2 N–H and O–H groups in total. The molecule has 1 heterocycles. The van der Waals surface area contributed by atoms with Crippen LogP contribution in [0.4, 0.5) is 0 Å². The molecular weight excluding hydrogens is 244 g/mol. The van der Waals surface area contributed by atoms with Crippen molar-refractivity contribution in [1.29, 1.82) is 0 Å². The molecule has 74 valence electrons. The van der Waals surface area contributed by atoms with Gasteiger partial charge in [-0.15, -0.1) is 0 Å². The van der Waals surface area contributed by atoms with E-state index in [2.05, 4.69) is 15.9 Å². The third kappa shape index (κ3) is 1.26. The third-order valence-corrected chi connectivity index (χ3v) is 3.11. The number of fused-ring (bicyclic) bond motifs is 1. The summed E-state index contributed by atoms with van der Waals surface area (Å²) in [5.74, 6) is 0.0525. The summed E-state index contributed by atoms with van der Waals surface area (Å²) in [4.78, 5) is 13.5. The van der Waals surface area contributed by atoms with Crippen molar-refractivity contribution >= 4 is 21.8 Å². The van der Waals surface area contributed by atoms with E-state index in [-0.39, 0.29) is 11.9 Å². The molecule has 3 nitrogen and oxygen atoms in total. The second-order valence-corrected chi connectivity index (χ2v) is 4.31. The number of carbonyl (C=O) groups is 1. The van der Waals surface area contributed by atoms with Gasteiger partial charge in [0.15, 0.2) is 0 Å². The Morgan fingerprint density at radius 1 is 1.57 bits per heavy atom. The van der Waals surface area contributed by atoms with Crippen LogP contribution in [0.3, 0.4) is 0 Å². The molecule has 1 amide bonds. The molecule has 0 saturated heterocycles. The Morgan fingerprint density at radius 3 is 2.93 bits per heavy atom. The highest BCUT2D eigenvalue weighted by Crippen LogP contribution is 2.32. The lowest BCUT2D eigenvalue weighted by molar-refractivity contribution is 0.0778. The van der Waals surface area contributed by atoms with E-state index in [9.17, 15) is 4.79 Å². The smallest absolute Gasteiger partial charge is 0.254 e. The van der Waals surface area contributed by atoms with Gasteiger partial charge in [-0.3, -0.25) is 4.79 Å². The van der Waals surface area contributed by atoms with Crippen LogP contribution in [-0.4, -0.2) is 24.4 Å². The van der Waals surface area contributed by atoms with Gasteiger partial charge < -0.3 is 10.6 Å². The highest BCUT2D eigenvalue weighted by atomic mass is 79.9. The molecule has 0 unspecified atom stereocenters. The Morgan fingerprint density at radius 2 is 2.29 bits per heavy atom. The molecule has 1 aliphatic rings. The van der Waals surface area contributed by atoms with E-state index in [0.717, 1.165) is 15.6 Å². The van der Waals surface area contributed by atoms with Gasteiger partial charge in [0.2, 0.25) is 0 Å². The Labute approximate surface area is 91.0 Å². The maximum absolute atomic E-state index is 11.8. The summed E-state index contributed by atoms with van der Waals surface area (Å²) in [7, 11) is 1.79. The summed E-state index contributed by atoms with van der Waals surface area (Å²) in [6.45, 7) is 0.469. The van der Waals surface area contributed by atoms with Gasteiger partial charge >= 0.3 is 0 Å². The monoisotopic (exact) mass is 254 g/mol. The van der Waals surface area contributed by atoms with Gasteiger partial charge in [0.25, 0.3) is 5.91 Å². The van der Waals surface area contributed by atoms with Crippen molar-refractivity contribution in [2.75, 3.05) is 13.6 Å². The van der Waals surface area contributed by atoms with Crippen LogP contribution in [0.1, 0.15) is 22.0 Å². The van der Waals surface area contributed by atoms with E-state index in [0.29, 0.717) is 6.54 Å². The number of benzene rings is 1. The maximum Gasteiger partial charge on any atom is 0.254 e. The average molecular weight is 255 g/mol. The standard InChI is InChI=1S/C10H11BrN2O/c1-13-9(5-12)7-3-2-6(11)4-8(7)10(13)14/h2-4,9H,5,12H2,1H3/t9-/m1/s1. The minimum atomic E-state index is 0.0330. The zero-order valence-electron chi connectivity index (χ0n) is 7.83. The second kappa shape index (κ2) is 3.37. The molecule has 1 aromatic rings. The number of nitrogens with two attached hydrogens (primary N) is 1. The van der Waals surface area contributed by atoms with Crippen molar-refractivity contribution in [3.63, 3.8) is 0 Å². The van der Waals surface area contributed by atoms with Crippen LogP contribution in [0.25, 0.3) is 0 Å². The SMILES string of the molecule is CN1C(=O)c2cc(Br)ccc2[C@H]1CN. The Kier molecular flexibility index (Phi) is 2.33. The summed E-state index contributed by atoms with van der Waals surface area (Å²) < 4.78 is 0.927. The topological polar surface area (TPSA) is 46.3 Å². The molecule has 0 fully saturated rings. The summed E-state index contributed by atoms with van der Waals surface area (Å²) in [6.07, 6.45) is 0. The first-order chi connectivity index (χ1) is 6.65. The molecule has 0 spiro atoms. The first kappa shape index (κ1) is 9.68. The van der Waals surface area contributed by atoms with Crippen molar-refractivity contribution in [3.05, 3.63) is 33.8 Å². The molecule has 1 aromatic carbocycles. The highest BCUT2D eigenvalue weighted by Gasteiger charge is 2.32. The van der Waals surface area contributed by atoms with E-state index < -0.39 is 0 Å². The number of nitrogens with zero attached hydrogens (tertiary/aromatic N) is 1. The van der Waals surface area contributed by atoms with Crippen LogP contribution >= 0.6 is 15.9 Å². The average Bonchev–Trinajstić information content (AvgIpc) is 2.41. The molecule has 0 radical (unpaired) electrons. The van der Waals surface area contributed by atoms with Gasteiger partial charge in [0, 0.05) is 23.6 Å². The van der Waals surface area contributed by atoms with E-state index in [1.165, 1.54) is 0 Å². The summed E-state index contributed by atoms with van der Waals surface area (Å²) in [5, 5.41) is 0. The van der Waals surface area contributed by atoms with Gasteiger partial charge in [-0.1, -0.05) is 22.0 Å². The highest BCUT2D eigenvalue weighted by molar-refractivity contribution is 9.10. The minimum absolute atomic E-state index is 0.0330.